The molecule has 0 aromatic heterocycles. The third-order valence-corrected chi connectivity index (χ3v) is 2.79. The number of likely N-dealkylation sites (N-methyl/N-ethyl adjacent to an activating group) is 1. The topological polar surface area (TPSA) is 39.1 Å². The van der Waals surface area contributed by atoms with Crippen molar-refractivity contribution in [3.63, 3.8) is 0 Å². The lowest BCUT2D eigenvalue weighted by Gasteiger charge is -2.31. The van der Waals surface area contributed by atoms with Crippen LogP contribution in [0.3, 0.4) is 0 Å². The zero-order chi connectivity index (χ0) is 10.8. The first-order valence-electron chi connectivity index (χ1n) is 5.36. The standard InChI is InChI=1S/C11H21N3/c1-9(2)14(4)8-11(3,7-12)13-10-5-6-10/h9-10,13H,5-6,8H2,1-4H3. The van der Waals surface area contributed by atoms with Gasteiger partial charge in [-0.2, -0.15) is 5.26 Å². The van der Waals surface area contributed by atoms with Crippen molar-refractivity contribution in [3.8, 4) is 6.07 Å². The molecule has 1 atom stereocenters. The van der Waals surface area contributed by atoms with E-state index in [1.807, 2.05) is 6.92 Å². The summed E-state index contributed by atoms with van der Waals surface area (Å²) < 4.78 is 0. The van der Waals surface area contributed by atoms with E-state index >= 15 is 0 Å². The van der Waals surface area contributed by atoms with Crippen LogP contribution in [0.15, 0.2) is 0 Å². The third kappa shape index (κ3) is 3.28. The molecule has 1 aliphatic carbocycles. The van der Waals surface area contributed by atoms with Crippen LogP contribution < -0.4 is 5.32 Å². The molecule has 0 amide bonds. The van der Waals surface area contributed by atoms with E-state index in [4.69, 9.17) is 5.26 Å². The number of nitriles is 1. The van der Waals surface area contributed by atoms with Crippen LogP contribution in [0, 0.1) is 11.3 Å². The van der Waals surface area contributed by atoms with E-state index in [9.17, 15) is 0 Å². The molecule has 0 aromatic carbocycles. The van der Waals surface area contributed by atoms with Gasteiger partial charge in [0.1, 0.15) is 5.54 Å². The van der Waals surface area contributed by atoms with Crippen LogP contribution in [0.4, 0.5) is 0 Å². The summed E-state index contributed by atoms with van der Waals surface area (Å²) in [5.74, 6) is 0. The fourth-order valence-electron chi connectivity index (χ4n) is 1.47. The Bertz CT molecular complexity index is 227. The lowest BCUT2D eigenvalue weighted by Crippen LogP contribution is -2.51. The largest absolute Gasteiger partial charge is 0.301 e. The molecule has 0 spiro atoms. The van der Waals surface area contributed by atoms with Crippen LogP contribution in [-0.4, -0.2) is 36.1 Å². The quantitative estimate of drug-likeness (QED) is 0.720. The maximum Gasteiger partial charge on any atom is 0.116 e. The minimum absolute atomic E-state index is 0.389. The van der Waals surface area contributed by atoms with Gasteiger partial charge in [-0.15, -0.1) is 0 Å². The Hall–Kier alpha value is -0.590. The van der Waals surface area contributed by atoms with Crippen LogP contribution in [0.1, 0.15) is 33.6 Å². The average Bonchev–Trinajstić information content (AvgIpc) is 2.88. The molecule has 1 unspecified atom stereocenters. The molecule has 0 saturated heterocycles. The van der Waals surface area contributed by atoms with Crippen molar-refractivity contribution in [1.82, 2.24) is 10.2 Å². The van der Waals surface area contributed by atoms with Gasteiger partial charge in [-0.1, -0.05) is 0 Å². The zero-order valence-corrected chi connectivity index (χ0v) is 9.67. The van der Waals surface area contributed by atoms with Gasteiger partial charge in [0.05, 0.1) is 6.07 Å². The van der Waals surface area contributed by atoms with Crippen LogP contribution in [0.5, 0.6) is 0 Å². The van der Waals surface area contributed by atoms with E-state index < -0.39 is 0 Å². The molecule has 80 valence electrons. The first kappa shape index (κ1) is 11.5. The lowest BCUT2D eigenvalue weighted by molar-refractivity contribution is 0.218. The number of nitrogens with zero attached hydrogens (tertiary/aromatic N) is 2. The van der Waals surface area contributed by atoms with E-state index in [0.717, 1.165) is 6.54 Å². The Morgan fingerprint density at radius 3 is 2.50 bits per heavy atom. The molecule has 1 saturated carbocycles. The first-order chi connectivity index (χ1) is 6.47. The highest BCUT2D eigenvalue weighted by Crippen LogP contribution is 2.22. The van der Waals surface area contributed by atoms with Gasteiger partial charge in [-0.05, 0) is 40.7 Å². The van der Waals surface area contributed by atoms with E-state index in [-0.39, 0.29) is 5.54 Å². The molecule has 0 heterocycles. The minimum Gasteiger partial charge on any atom is -0.301 e. The number of rotatable bonds is 5. The first-order valence-corrected chi connectivity index (χ1v) is 5.36. The van der Waals surface area contributed by atoms with Gasteiger partial charge in [0.15, 0.2) is 0 Å². The highest BCUT2D eigenvalue weighted by molar-refractivity contribution is 5.08. The van der Waals surface area contributed by atoms with Gasteiger partial charge < -0.3 is 4.90 Å². The fraction of sp³-hybridized carbons (Fsp3) is 0.909. The third-order valence-electron chi connectivity index (χ3n) is 2.79. The van der Waals surface area contributed by atoms with Crippen LogP contribution in [0.2, 0.25) is 0 Å². The molecule has 1 aliphatic rings. The SMILES string of the molecule is CC(C)N(C)CC(C)(C#N)NC1CC1. The highest BCUT2D eigenvalue weighted by atomic mass is 15.2. The molecule has 3 nitrogen and oxygen atoms in total. The predicted octanol–water partition coefficient (Wildman–Crippen LogP) is 1.36. The van der Waals surface area contributed by atoms with Crippen molar-refractivity contribution >= 4 is 0 Å². The molecule has 1 N–H and O–H groups in total. The van der Waals surface area contributed by atoms with Gasteiger partial charge in [0.2, 0.25) is 0 Å². The zero-order valence-electron chi connectivity index (χ0n) is 9.67. The summed E-state index contributed by atoms with van der Waals surface area (Å²) in [7, 11) is 2.06. The maximum atomic E-state index is 9.15. The number of nitrogens with one attached hydrogen (secondary N) is 1. The van der Waals surface area contributed by atoms with Crippen molar-refractivity contribution in [1.29, 1.82) is 5.26 Å². The molecular formula is C11H21N3. The summed E-state index contributed by atoms with van der Waals surface area (Å²) in [6.07, 6.45) is 2.45. The molecule has 14 heavy (non-hydrogen) atoms. The Balaban J connectivity index is 2.47. The molecule has 0 radical (unpaired) electrons. The minimum atomic E-state index is -0.389. The Morgan fingerprint density at radius 1 is 1.57 bits per heavy atom. The fourth-order valence-corrected chi connectivity index (χ4v) is 1.47. The summed E-state index contributed by atoms with van der Waals surface area (Å²) in [6.45, 7) is 7.08. The summed E-state index contributed by atoms with van der Waals surface area (Å²) in [5, 5.41) is 12.6. The van der Waals surface area contributed by atoms with Crippen LogP contribution in [0.25, 0.3) is 0 Å². The van der Waals surface area contributed by atoms with Crippen LogP contribution in [-0.2, 0) is 0 Å². The number of hydrogen-bond donors (Lipinski definition) is 1. The van der Waals surface area contributed by atoms with E-state index in [2.05, 4.69) is 37.2 Å². The second-order valence-electron chi connectivity index (χ2n) is 4.87. The molecule has 0 bridgehead atoms. The molecule has 0 aromatic rings. The van der Waals surface area contributed by atoms with Crippen molar-refractivity contribution in [3.05, 3.63) is 0 Å². The molecule has 3 heteroatoms. The summed E-state index contributed by atoms with van der Waals surface area (Å²) >= 11 is 0. The second kappa shape index (κ2) is 4.29. The molecule has 1 rings (SSSR count). The average molecular weight is 195 g/mol. The normalized spacial score (nSPS) is 20.9. The molecular weight excluding hydrogens is 174 g/mol. The maximum absolute atomic E-state index is 9.15. The van der Waals surface area contributed by atoms with Crippen molar-refractivity contribution in [2.24, 2.45) is 0 Å². The van der Waals surface area contributed by atoms with E-state index in [0.29, 0.717) is 12.1 Å². The Labute approximate surface area is 87.1 Å². The predicted molar refractivity (Wildman–Crippen MR) is 57.9 cm³/mol. The van der Waals surface area contributed by atoms with Gasteiger partial charge in [-0.3, -0.25) is 5.32 Å². The summed E-state index contributed by atoms with van der Waals surface area (Å²) in [4.78, 5) is 2.21. The monoisotopic (exact) mass is 195 g/mol. The van der Waals surface area contributed by atoms with Crippen molar-refractivity contribution in [2.45, 2.75) is 51.2 Å². The van der Waals surface area contributed by atoms with E-state index in [1.165, 1.54) is 12.8 Å². The van der Waals surface area contributed by atoms with Gasteiger partial charge in [0.25, 0.3) is 0 Å². The summed E-state index contributed by atoms with van der Waals surface area (Å²) in [6, 6.07) is 3.46. The Morgan fingerprint density at radius 2 is 2.14 bits per heavy atom. The lowest BCUT2D eigenvalue weighted by atomic mass is 10.0. The second-order valence-corrected chi connectivity index (χ2v) is 4.87. The summed E-state index contributed by atoms with van der Waals surface area (Å²) in [5.41, 5.74) is -0.389. The van der Waals surface area contributed by atoms with Gasteiger partial charge >= 0.3 is 0 Å². The van der Waals surface area contributed by atoms with Crippen molar-refractivity contribution < 1.29 is 0 Å². The molecule has 0 aliphatic heterocycles. The molecule has 1 fully saturated rings. The van der Waals surface area contributed by atoms with Crippen LogP contribution >= 0.6 is 0 Å². The van der Waals surface area contributed by atoms with E-state index in [1.54, 1.807) is 0 Å². The highest BCUT2D eigenvalue weighted by Gasteiger charge is 2.33. The Kier molecular flexibility index (Phi) is 3.52. The van der Waals surface area contributed by atoms with Crippen molar-refractivity contribution in [2.75, 3.05) is 13.6 Å². The van der Waals surface area contributed by atoms with Gasteiger partial charge in [-0.25, -0.2) is 0 Å². The smallest absolute Gasteiger partial charge is 0.116 e. The number of hydrogen-bond acceptors (Lipinski definition) is 3. The van der Waals surface area contributed by atoms with Gasteiger partial charge in [0, 0.05) is 18.6 Å².